The van der Waals surface area contributed by atoms with E-state index in [1.165, 1.54) is 25.3 Å². The molecule has 1 amide bonds. The van der Waals surface area contributed by atoms with E-state index in [2.05, 4.69) is 5.32 Å². The Morgan fingerprint density at radius 1 is 1.61 bits per heavy atom. The van der Waals surface area contributed by atoms with Gasteiger partial charge in [0, 0.05) is 13.7 Å². The van der Waals surface area contributed by atoms with Gasteiger partial charge in [0.05, 0.1) is 6.61 Å². The van der Waals surface area contributed by atoms with Crippen LogP contribution in [0.15, 0.2) is 29.8 Å². The minimum absolute atomic E-state index is 0.0169. The van der Waals surface area contributed by atoms with Gasteiger partial charge in [-0.1, -0.05) is 12.1 Å². The fourth-order valence-corrected chi connectivity index (χ4v) is 1.29. The second kappa shape index (κ2) is 7.09. The number of carbonyl (C=O) groups excluding carboxylic acids is 1. The molecule has 0 atom stereocenters. The molecule has 1 aromatic carbocycles. The quantitative estimate of drug-likeness (QED) is 0.462. The van der Waals surface area contributed by atoms with E-state index < -0.39 is 5.91 Å². The molecule has 0 saturated heterocycles. The Hall–Kier alpha value is -2.32. The summed E-state index contributed by atoms with van der Waals surface area (Å²) in [5.41, 5.74) is 0.574. The van der Waals surface area contributed by atoms with Crippen LogP contribution < -0.4 is 5.32 Å². The number of ether oxygens (including phenoxy) is 1. The van der Waals surface area contributed by atoms with Crippen molar-refractivity contribution in [2.75, 3.05) is 20.3 Å². The number of benzene rings is 1. The second-order valence-electron chi connectivity index (χ2n) is 3.51. The lowest BCUT2D eigenvalue weighted by molar-refractivity contribution is -0.117. The molecular weight excluding hydrogens is 232 g/mol. The van der Waals surface area contributed by atoms with E-state index >= 15 is 0 Å². The van der Waals surface area contributed by atoms with Gasteiger partial charge in [0.2, 0.25) is 0 Å². The van der Waals surface area contributed by atoms with Gasteiger partial charge >= 0.3 is 0 Å². The molecule has 0 aliphatic carbocycles. The number of hydrogen-bond donors (Lipinski definition) is 2. The number of hydrogen-bond acceptors (Lipinski definition) is 4. The Labute approximate surface area is 105 Å². The highest BCUT2D eigenvalue weighted by atomic mass is 16.5. The lowest BCUT2D eigenvalue weighted by Crippen LogP contribution is -2.27. The van der Waals surface area contributed by atoms with Crippen molar-refractivity contribution in [1.82, 2.24) is 5.32 Å². The lowest BCUT2D eigenvalue weighted by Gasteiger charge is -2.03. The fourth-order valence-electron chi connectivity index (χ4n) is 1.29. The lowest BCUT2D eigenvalue weighted by atomic mass is 10.1. The number of nitrogens with one attached hydrogen (secondary N) is 1. The normalized spacial score (nSPS) is 10.8. The number of aromatic hydroxyl groups is 1. The van der Waals surface area contributed by atoms with E-state index in [1.807, 2.05) is 6.07 Å². The number of methoxy groups -OCH3 is 1. The molecule has 0 heterocycles. The predicted octanol–water partition coefficient (Wildman–Crippen LogP) is 1.06. The summed E-state index contributed by atoms with van der Waals surface area (Å²) in [6.07, 6.45) is 1.42. The van der Waals surface area contributed by atoms with Crippen LogP contribution in [0.5, 0.6) is 5.75 Å². The molecule has 0 aliphatic rings. The zero-order valence-electron chi connectivity index (χ0n) is 10.0. The molecule has 1 aromatic rings. The molecule has 0 fully saturated rings. The molecule has 0 saturated carbocycles. The van der Waals surface area contributed by atoms with Gasteiger partial charge in [-0.25, -0.2) is 0 Å². The third kappa shape index (κ3) is 4.28. The third-order valence-corrected chi connectivity index (χ3v) is 2.14. The number of nitrogens with zero attached hydrogens (tertiary/aromatic N) is 1. The van der Waals surface area contributed by atoms with Crippen LogP contribution in [0.4, 0.5) is 0 Å². The summed E-state index contributed by atoms with van der Waals surface area (Å²) >= 11 is 0. The molecule has 0 radical (unpaired) electrons. The van der Waals surface area contributed by atoms with Crippen LogP contribution >= 0.6 is 0 Å². The highest BCUT2D eigenvalue weighted by Crippen LogP contribution is 2.13. The summed E-state index contributed by atoms with van der Waals surface area (Å²) in [6.45, 7) is 0.727. The van der Waals surface area contributed by atoms with E-state index in [0.29, 0.717) is 18.7 Å². The summed E-state index contributed by atoms with van der Waals surface area (Å²) in [6, 6.07) is 8.14. The van der Waals surface area contributed by atoms with Crippen molar-refractivity contribution in [2.45, 2.75) is 0 Å². The van der Waals surface area contributed by atoms with Gasteiger partial charge in [0.15, 0.2) is 0 Å². The number of phenolic OH excluding ortho intramolecular Hbond substituents is 1. The summed E-state index contributed by atoms with van der Waals surface area (Å²) in [4.78, 5) is 11.6. The molecule has 0 aromatic heterocycles. The molecule has 5 nitrogen and oxygen atoms in total. The maximum absolute atomic E-state index is 11.6. The second-order valence-corrected chi connectivity index (χ2v) is 3.51. The largest absolute Gasteiger partial charge is 0.508 e. The molecule has 5 heteroatoms. The van der Waals surface area contributed by atoms with Crippen molar-refractivity contribution in [3.63, 3.8) is 0 Å². The zero-order chi connectivity index (χ0) is 13.4. The van der Waals surface area contributed by atoms with Gasteiger partial charge in [-0.05, 0) is 23.8 Å². The smallest absolute Gasteiger partial charge is 0.262 e. The molecule has 0 spiro atoms. The molecule has 94 valence electrons. The molecule has 0 unspecified atom stereocenters. The minimum atomic E-state index is -0.460. The Morgan fingerprint density at radius 3 is 3.00 bits per heavy atom. The Morgan fingerprint density at radius 2 is 2.39 bits per heavy atom. The number of phenols is 1. The van der Waals surface area contributed by atoms with Gasteiger partial charge in [0.1, 0.15) is 17.4 Å². The first kappa shape index (κ1) is 13.7. The monoisotopic (exact) mass is 246 g/mol. The average molecular weight is 246 g/mol. The standard InChI is InChI=1S/C13H14N2O3/c1-18-6-5-15-13(17)11(9-14)7-10-3-2-4-12(16)8-10/h2-4,7-8,16H,5-6H2,1H3,(H,15,17). The summed E-state index contributed by atoms with van der Waals surface area (Å²) in [7, 11) is 1.53. The number of carbonyl (C=O) groups is 1. The van der Waals surface area contributed by atoms with Gasteiger partial charge in [-0.3, -0.25) is 4.79 Å². The topological polar surface area (TPSA) is 82.3 Å². The third-order valence-electron chi connectivity index (χ3n) is 2.14. The van der Waals surface area contributed by atoms with E-state index in [0.717, 1.165) is 0 Å². The molecule has 2 N–H and O–H groups in total. The first-order valence-corrected chi connectivity index (χ1v) is 5.35. The van der Waals surface area contributed by atoms with Crippen molar-refractivity contribution >= 4 is 12.0 Å². The Bertz CT molecular complexity index is 489. The van der Waals surface area contributed by atoms with Crippen molar-refractivity contribution in [3.8, 4) is 11.8 Å². The summed E-state index contributed by atoms with van der Waals surface area (Å²) in [5, 5.41) is 20.7. The maximum atomic E-state index is 11.6. The fraction of sp³-hybridized carbons (Fsp3) is 0.231. The highest BCUT2D eigenvalue weighted by molar-refractivity contribution is 6.01. The molecule has 0 aliphatic heterocycles. The first-order chi connectivity index (χ1) is 8.67. The predicted molar refractivity (Wildman–Crippen MR) is 66.6 cm³/mol. The maximum Gasteiger partial charge on any atom is 0.262 e. The van der Waals surface area contributed by atoms with Crippen molar-refractivity contribution < 1.29 is 14.6 Å². The van der Waals surface area contributed by atoms with Crippen LogP contribution in [-0.2, 0) is 9.53 Å². The van der Waals surface area contributed by atoms with Crippen LogP contribution in [0.3, 0.4) is 0 Å². The van der Waals surface area contributed by atoms with Crippen molar-refractivity contribution in [3.05, 3.63) is 35.4 Å². The number of nitriles is 1. The highest BCUT2D eigenvalue weighted by Gasteiger charge is 2.08. The van der Waals surface area contributed by atoms with Crippen molar-refractivity contribution in [2.24, 2.45) is 0 Å². The van der Waals surface area contributed by atoms with Crippen molar-refractivity contribution in [1.29, 1.82) is 5.26 Å². The summed E-state index contributed by atoms with van der Waals surface area (Å²) < 4.78 is 4.79. The van der Waals surface area contributed by atoms with Crippen LogP contribution in [0.1, 0.15) is 5.56 Å². The SMILES string of the molecule is COCCNC(=O)C(C#N)=Cc1cccc(O)c1. The summed E-state index contributed by atoms with van der Waals surface area (Å²) in [5.74, 6) is -0.376. The first-order valence-electron chi connectivity index (χ1n) is 5.35. The van der Waals surface area contributed by atoms with Crippen LogP contribution in [0.25, 0.3) is 6.08 Å². The van der Waals surface area contributed by atoms with Gasteiger partial charge < -0.3 is 15.2 Å². The van der Waals surface area contributed by atoms with E-state index in [9.17, 15) is 9.90 Å². The Kier molecular flexibility index (Phi) is 5.42. The molecule has 1 rings (SSSR count). The van der Waals surface area contributed by atoms with Gasteiger partial charge in [-0.15, -0.1) is 0 Å². The Balaban J connectivity index is 2.77. The van der Waals surface area contributed by atoms with Crippen LogP contribution in [0.2, 0.25) is 0 Å². The van der Waals surface area contributed by atoms with Crippen LogP contribution in [-0.4, -0.2) is 31.3 Å². The average Bonchev–Trinajstić information content (AvgIpc) is 2.36. The molecule has 18 heavy (non-hydrogen) atoms. The molecular formula is C13H14N2O3. The van der Waals surface area contributed by atoms with E-state index in [-0.39, 0.29) is 11.3 Å². The van der Waals surface area contributed by atoms with Gasteiger partial charge in [-0.2, -0.15) is 5.26 Å². The minimum Gasteiger partial charge on any atom is -0.508 e. The molecule has 0 bridgehead atoms. The zero-order valence-corrected chi connectivity index (χ0v) is 10.0. The van der Waals surface area contributed by atoms with E-state index in [1.54, 1.807) is 12.1 Å². The number of amides is 1. The van der Waals surface area contributed by atoms with Crippen LogP contribution in [0, 0.1) is 11.3 Å². The number of rotatable bonds is 5. The van der Waals surface area contributed by atoms with Gasteiger partial charge in [0.25, 0.3) is 5.91 Å². The van der Waals surface area contributed by atoms with E-state index in [4.69, 9.17) is 10.00 Å².